The molecular formula is C32H30F6NOPS. The third-order valence-electron chi connectivity index (χ3n) is 6.58. The molecule has 0 amide bonds. The molecule has 0 saturated heterocycles. The fraction of sp³-hybridized carbons (Fsp3) is 0.250. The molecule has 0 spiro atoms. The molecule has 0 aliphatic rings. The van der Waals surface area contributed by atoms with Gasteiger partial charge in [-0.15, -0.1) is 0 Å². The molecule has 0 heterocycles. The van der Waals surface area contributed by atoms with Gasteiger partial charge in [0, 0.05) is 7.05 Å². The SMILES string of the molecule is CN([C@@H](c1cc(C(F)(F)F)cc(C(F)(F)F)c1)c1ccccc1P(c1ccccc1)c1ccccc1)S(=O)C(C)(C)C. The van der Waals surface area contributed by atoms with Crippen molar-refractivity contribution in [3.63, 3.8) is 0 Å². The molecule has 222 valence electrons. The van der Waals surface area contributed by atoms with Crippen LogP contribution in [0, 0.1) is 0 Å². The first-order chi connectivity index (χ1) is 19.6. The van der Waals surface area contributed by atoms with Gasteiger partial charge in [-0.05, 0) is 73.9 Å². The zero-order chi connectivity index (χ0) is 30.9. The van der Waals surface area contributed by atoms with E-state index in [-0.39, 0.29) is 11.6 Å². The molecule has 0 saturated carbocycles. The first-order valence-corrected chi connectivity index (χ1v) is 15.5. The summed E-state index contributed by atoms with van der Waals surface area (Å²) in [5.41, 5.74) is -2.61. The fourth-order valence-electron chi connectivity index (χ4n) is 4.75. The number of rotatable bonds is 7. The predicted octanol–water partition coefficient (Wildman–Crippen LogP) is 7.97. The smallest absolute Gasteiger partial charge is 0.242 e. The Kier molecular flexibility index (Phi) is 9.36. The van der Waals surface area contributed by atoms with Gasteiger partial charge >= 0.3 is 12.4 Å². The van der Waals surface area contributed by atoms with Crippen LogP contribution in [0.3, 0.4) is 0 Å². The normalized spacial score (nSPS) is 14.3. The molecular weight excluding hydrogens is 591 g/mol. The minimum Gasteiger partial charge on any atom is -0.242 e. The molecule has 4 rings (SSSR count). The van der Waals surface area contributed by atoms with Gasteiger partial charge in [-0.2, -0.15) is 26.3 Å². The molecule has 4 aromatic rings. The van der Waals surface area contributed by atoms with Crippen molar-refractivity contribution in [2.75, 3.05) is 7.05 Å². The fourth-order valence-corrected chi connectivity index (χ4v) is 8.53. The summed E-state index contributed by atoms with van der Waals surface area (Å²) in [6.45, 7) is 5.12. The molecule has 4 aromatic carbocycles. The average Bonchev–Trinajstić information content (AvgIpc) is 2.93. The van der Waals surface area contributed by atoms with E-state index in [2.05, 4.69) is 0 Å². The van der Waals surface area contributed by atoms with Gasteiger partial charge < -0.3 is 0 Å². The average molecular weight is 622 g/mol. The number of hydrogen-bond acceptors (Lipinski definition) is 1. The zero-order valence-corrected chi connectivity index (χ0v) is 25.1. The molecule has 10 heteroatoms. The highest BCUT2D eigenvalue weighted by Crippen LogP contribution is 2.43. The van der Waals surface area contributed by atoms with Crippen molar-refractivity contribution in [3.05, 3.63) is 125 Å². The van der Waals surface area contributed by atoms with Crippen LogP contribution in [0.15, 0.2) is 103 Å². The van der Waals surface area contributed by atoms with Gasteiger partial charge in [-0.1, -0.05) is 84.9 Å². The maximum absolute atomic E-state index is 14.0. The molecule has 2 atom stereocenters. The van der Waals surface area contributed by atoms with E-state index in [0.29, 0.717) is 5.56 Å². The highest BCUT2D eigenvalue weighted by atomic mass is 32.2. The van der Waals surface area contributed by atoms with Crippen molar-refractivity contribution >= 4 is 34.8 Å². The van der Waals surface area contributed by atoms with Crippen LogP contribution in [0.5, 0.6) is 0 Å². The van der Waals surface area contributed by atoms with Crippen molar-refractivity contribution in [2.45, 2.75) is 43.9 Å². The minimum atomic E-state index is -5.03. The van der Waals surface area contributed by atoms with Gasteiger partial charge in [0.25, 0.3) is 0 Å². The molecule has 42 heavy (non-hydrogen) atoms. The molecule has 2 nitrogen and oxygen atoms in total. The van der Waals surface area contributed by atoms with E-state index in [1.165, 1.54) is 11.4 Å². The Morgan fingerprint density at radius 1 is 0.667 bits per heavy atom. The van der Waals surface area contributed by atoms with Gasteiger partial charge in [0.1, 0.15) is 11.0 Å². The van der Waals surface area contributed by atoms with E-state index >= 15 is 0 Å². The zero-order valence-electron chi connectivity index (χ0n) is 23.4. The molecule has 0 aromatic heterocycles. The van der Waals surface area contributed by atoms with E-state index in [0.717, 1.165) is 28.0 Å². The molecule has 0 aliphatic carbocycles. The maximum atomic E-state index is 14.0. The lowest BCUT2D eigenvalue weighted by atomic mass is 9.94. The quantitative estimate of drug-likeness (QED) is 0.152. The predicted molar refractivity (Wildman–Crippen MR) is 159 cm³/mol. The van der Waals surface area contributed by atoms with Gasteiger partial charge in [0.05, 0.1) is 21.9 Å². The Hall–Kier alpha value is -3.00. The summed E-state index contributed by atoms with van der Waals surface area (Å²) >= 11 is 0. The molecule has 0 fully saturated rings. The van der Waals surface area contributed by atoms with Gasteiger partial charge in [-0.3, -0.25) is 0 Å². The van der Waals surface area contributed by atoms with Crippen molar-refractivity contribution in [1.29, 1.82) is 0 Å². The first kappa shape index (κ1) is 31.9. The lowest BCUT2D eigenvalue weighted by molar-refractivity contribution is -0.143. The van der Waals surface area contributed by atoms with Crippen LogP contribution >= 0.6 is 7.92 Å². The Morgan fingerprint density at radius 2 is 1.10 bits per heavy atom. The summed E-state index contributed by atoms with van der Waals surface area (Å²) in [5.74, 6) is 0. The Morgan fingerprint density at radius 3 is 1.52 bits per heavy atom. The Bertz CT molecular complexity index is 1460. The summed E-state index contributed by atoms with van der Waals surface area (Å²) in [7, 11) is -1.62. The number of halogens is 6. The van der Waals surface area contributed by atoms with E-state index in [1.807, 2.05) is 66.7 Å². The van der Waals surface area contributed by atoms with Crippen molar-refractivity contribution in [3.8, 4) is 0 Å². The van der Waals surface area contributed by atoms with Gasteiger partial charge in [0.15, 0.2) is 0 Å². The largest absolute Gasteiger partial charge is 0.416 e. The summed E-state index contributed by atoms with van der Waals surface area (Å²) < 4.78 is 98.0. The third-order valence-corrected chi connectivity index (χ3v) is 10.9. The molecule has 0 N–H and O–H groups in total. The standard InChI is InChI=1S/C32H30F6NOPS/c1-30(2,3)42(40)39(4)29(22-19-23(31(33,34)35)21-24(20-22)32(36,37)38)27-17-11-12-18-28(27)41(25-13-7-5-8-14-25)26-15-9-6-10-16-26/h5-21,29H,1-4H3/t29-,42?/m0/s1. The summed E-state index contributed by atoms with van der Waals surface area (Å²) in [4.78, 5) is 0. The second-order valence-corrected chi connectivity index (χ2v) is 15.2. The minimum absolute atomic E-state index is 0.119. The third kappa shape index (κ3) is 7.13. The van der Waals surface area contributed by atoms with Gasteiger partial charge in [-0.25, -0.2) is 8.51 Å². The number of hydrogen-bond donors (Lipinski definition) is 0. The summed E-state index contributed by atoms with van der Waals surface area (Å²) in [5, 5.41) is 2.63. The lowest BCUT2D eigenvalue weighted by Gasteiger charge is -2.35. The van der Waals surface area contributed by atoms with Crippen LogP contribution in [0.4, 0.5) is 26.3 Å². The van der Waals surface area contributed by atoms with Gasteiger partial charge in [0.2, 0.25) is 0 Å². The van der Waals surface area contributed by atoms with Crippen LogP contribution < -0.4 is 15.9 Å². The number of alkyl halides is 6. The summed E-state index contributed by atoms with van der Waals surface area (Å²) in [6, 6.07) is 26.5. The van der Waals surface area contributed by atoms with Crippen molar-refractivity contribution < 1.29 is 30.6 Å². The van der Waals surface area contributed by atoms with E-state index in [4.69, 9.17) is 0 Å². The van der Waals surface area contributed by atoms with E-state index in [1.54, 1.807) is 39.0 Å². The first-order valence-electron chi connectivity index (χ1n) is 13.0. The summed E-state index contributed by atoms with van der Waals surface area (Å²) in [6.07, 6.45) is -10.1. The van der Waals surface area contributed by atoms with Crippen LogP contribution in [0.2, 0.25) is 0 Å². The highest BCUT2D eigenvalue weighted by Gasteiger charge is 2.40. The number of nitrogens with zero attached hydrogens (tertiary/aromatic N) is 1. The lowest BCUT2D eigenvalue weighted by Crippen LogP contribution is -2.39. The molecule has 1 unspecified atom stereocenters. The topological polar surface area (TPSA) is 20.3 Å². The molecule has 0 bridgehead atoms. The van der Waals surface area contributed by atoms with Crippen molar-refractivity contribution in [2.24, 2.45) is 0 Å². The van der Waals surface area contributed by atoms with Crippen LogP contribution in [0.25, 0.3) is 0 Å². The Labute approximate surface area is 245 Å². The molecule has 0 radical (unpaired) electrons. The molecule has 0 aliphatic heterocycles. The van der Waals surface area contributed by atoms with E-state index in [9.17, 15) is 30.6 Å². The maximum Gasteiger partial charge on any atom is 0.416 e. The monoisotopic (exact) mass is 621 g/mol. The van der Waals surface area contributed by atoms with Crippen molar-refractivity contribution in [1.82, 2.24) is 4.31 Å². The van der Waals surface area contributed by atoms with E-state index < -0.39 is 53.2 Å². The van der Waals surface area contributed by atoms with Crippen LogP contribution in [0.1, 0.15) is 49.1 Å². The number of benzene rings is 4. The second kappa shape index (κ2) is 12.3. The van der Waals surface area contributed by atoms with Crippen LogP contribution in [-0.4, -0.2) is 20.3 Å². The highest BCUT2D eigenvalue weighted by molar-refractivity contribution is 7.84. The van der Waals surface area contributed by atoms with Crippen LogP contribution in [-0.2, 0) is 23.3 Å². The second-order valence-electron chi connectivity index (χ2n) is 10.7. The Balaban J connectivity index is 2.06.